The molecule has 0 radical (unpaired) electrons. The lowest BCUT2D eigenvalue weighted by Crippen LogP contribution is -2.40. The predicted molar refractivity (Wildman–Crippen MR) is 74.5 cm³/mol. The first-order chi connectivity index (χ1) is 9.54. The zero-order valence-corrected chi connectivity index (χ0v) is 11.0. The Morgan fingerprint density at radius 3 is 2.60 bits per heavy atom. The Balaban J connectivity index is 2.54. The summed E-state index contributed by atoms with van der Waals surface area (Å²) >= 11 is 0. The molecule has 0 heterocycles. The van der Waals surface area contributed by atoms with Crippen LogP contribution in [-0.2, 0) is 9.59 Å². The molecule has 0 saturated heterocycles. The molecule has 1 aromatic rings. The van der Waals surface area contributed by atoms with Gasteiger partial charge in [-0.2, -0.15) is 0 Å². The van der Waals surface area contributed by atoms with Crippen LogP contribution in [0.4, 0.5) is 5.69 Å². The SMILES string of the molecule is NCCCN[C@H](CC(=O)Nc1ccccc1O)C(=O)O. The van der Waals surface area contributed by atoms with Gasteiger partial charge in [-0.25, -0.2) is 0 Å². The van der Waals surface area contributed by atoms with E-state index in [9.17, 15) is 14.7 Å². The van der Waals surface area contributed by atoms with Crippen molar-refractivity contribution < 1.29 is 19.8 Å². The van der Waals surface area contributed by atoms with Crippen molar-refractivity contribution in [1.82, 2.24) is 5.32 Å². The van der Waals surface area contributed by atoms with E-state index in [2.05, 4.69) is 10.6 Å². The molecular formula is C13H19N3O4. The molecule has 0 unspecified atom stereocenters. The molecule has 0 aliphatic carbocycles. The number of nitrogens with one attached hydrogen (secondary N) is 2. The summed E-state index contributed by atoms with van der Waals surface area (Å²) in [5.74, 6) is -1.66. The molecule has 0 aromatic heterocycles. The van der Waals surface area contributed by atoms with Gasteiger partial charge in [0, 0.05) is 0 Å². The monoisotopic (exact) mass is 281 g/mol. The molecule has 1 aromatic carbocycles. The highest BCUT2D eigenvalue weighted by molar-refractivity contribution is 5.95. The van der Waals surface area contributed by atoms with Crippen molar-refractivity contribution in [1.29, 1.82) is 0 Å². The number of nitrogens with two attached hydrogens (primary N) is 1. The maximum atomic E-state index is 11.8. The van der Waals surface area contributed by atoms with Crippen LogP contribution in [0.5, 0.6) is 5.75 Å². The van der Waals surface area contributed by atoms with Gasteiger partial charge in [0.2, 0.25) is 5.91 Å². The lowest BCUT2D eigenvalue weighted by atomic mass is 10.2. The fraction of sp³-hybridized carbons (Fsp3) is 0.385. The quantitative estimate of drug-likeness (QED) is 0.340. The van der Waals surface area contributed by atoms with Gasteiger partial charge >= 0.3 is 5.97 Å². The zero-order chi connectivity index (χ0) is 15.0. The number of carbonyl (C=O) groups is 2. The van der Waals surface area contributed by atoms with Crippen molar-refractivity contribution in [2.75, 3.05) is 18.4 Å². The topological polar surface area (TPSA) is 125 Å². The minimum Gasteiger partial charge on any atom is -0.506 e. The molecule has 0 spiro atoms. The van der Waals surface area contributed by atoms with Gasteiger partial charge in [-0.3, -0.25) is 9.59 Å². The molecule has 0 fully saturated rings. The Kier molecular flexibility index (Phi) is 6.48. The number of hydrogen-bond acceptors (Lipinski definition) is 5. The molecule has 1 rings (SSSR count). The summed E-state index contributed by atoms with van der Waals surface area (Å²) in [5.41, 5.74) is 5.57. The number of benzene rings is 1. The van der Waals surface area contributed by atoms with E-state index in [0.29, 0.717) is 19.5 Å². The van der Waals surface area contributed by atoms with E-state index in [1.54, 1.807) is 12.1 Å². The third-order valence-electron chi connectivity index (χ3n) is 2.64. The van der Waals surface area contributed by atoms with Crippen molar-refractivity contribution in [3.8, 4) is 5.75 Å². The van der Waals surface area contributed by atoms with Gasteiger partial charge in [0.25, 0.3) is 0 Å². The number of amides is 1. The molecule has 6 N–H and O–H groups in total. The van der Waals surface area contributed by atoms with Crippen LogP contribution in [0.25, 0.3) is 0 Å². The van der Waals surface area contributed by atoms with Gasteiger partial charge in [-0.1, -0.05) is 12.1 Å². The Bertz CT molecular complexity index is 465. The number of hydrogen-bond donors (Lipinski definition) is 5. The van der Waals surface area contributed by atoms with E-state index in [0.717, 1.165) is 0 Å². The summed E-state index contributed by atoms with van der Waals surface area (Å²) in [5, 5.41) is 23.8. The lowest BCUT2D eigenvalue weighted by Gasteiger charge is -2.14. The number of anilines is 1. The Hall–Kier alpha value is -2.12. The average molecular weight is 281 g/mol. The van der Waals surface area contributed by atoms with Crippen LogP contribution in [0.1, 0.15) is 12.8 Å². The minimum atomic E-state index is -1.10. The molecule has 0 aliphatic rings. The van der Waals surface area contributed by atoms with Gasteiger partial charge in [0.05, 0.1) is 12.1 Å². The fourth-order valence-electron chi connectivity index (χ4n) is 1.59. The number of carbonyl (C=O) groups excluding carboxylic acids is 1. The van der Waals surface area contributed by atoms with E-state index in [1.165, 1.54) is 12.1 Å². The van der Waals surface area contributed by atoms with E-state index >= 15 is 0 Å². The first-order valence-electron chi connectivity index (χ1n) is 6.28. The van der Waals surface area contributed by atoms with Crippen molar-refractivity contribution in [3.05, 3.63) is 24.3 Å². The van der Waals surface area contributed by atoms with Gasteiger partial charge in [-0.15, -0.1) is 0 Å². The molecule has 7 nitrogen and oxygen atoms in total. The van der Waals surface area contributed by atoms with Crippen LogP contribution in [0.15, 0.2) is 24.3 Å². The van der Waals surface area contributed by atoms with Crippen molar-refractivity contribution >= 4 is 17.6 Å². The third kappa shape index (κ3) is 5.25. The lowest BCUT2D eigenvalue weighted by molar-refractivity contribution is -0.141. The van der Waals surface area contributed by atoms with Crippen LogP contribution in [0.3, 0.4) is 0 Å². The van der Waals surface area contributed by atoms with E-state index < -0.39 is 17.9 Å². The second-order valence-electron chi connectivity index (χ2n) is 4.26. The average Bonchev–Trinajstić information content (AvgIpc) is 2.40. The van der Waals surface area contributed by atoms with E-state index in [-0.39, 0.29) is 17.9 Å². The van der Waals surface area contributed by atoms with Gasteiger partial charge < -0.3 is 26.6 Å². The number of carboxylic acids is 1. The summed E-state index contributed by atoms with van der Waals surface area (Å²) in [4.78, 5) is 22.8. The second kappa shape index (κ2) is 8.13. The molecule has 0 saturated carbocycles. The number of aliphatic carboxylic acids is 1. The van der Waals surface area contributed by atoms with Gasteiger partial charge in [0.15, 0.2) is 0 Å². The first-order valence-corrected chi connectivity index (χ1v) is 6.28. The van der Waals surface area contributed by atoms with E-state index in [1.807, 2.05) is 0 Å². The smallest absolute Gasteiger partial charge is 0.321 e. The van der Waals surface area contributed by atoms with Crippen molar-refractivity contribution in [2.24, 2.45) is 5.73 Å². The molecule has 0 bridgehead atoms. The highest BCUT2D eigenvalue weighted by Gasteiger charge is 2.20. The molecule has 7 heteroatoms. The Labute approximate surface area is 116 Å². The number of aromatic hydroxyl groups is 1. The van der Waals surface area contributed by atoms with Gasteiger partial charge in [-0.05, 0) is 31.6 Å². The molecule has 20 heavy (non-hydrogen) atoms. The number of rotatable bonds is 8. The Morgan fingerprint density at radius 2 is 2.00 bits per heavy atom. The van der Waals surface area contributed by atoms with Gasteiger partial charge in [0.1, 0.15) is 11.8 Å². The summed E-state index contributed by atoms with van der Waals surface area (Å²) in [6.45, 7) is 0.876. The summed E-state index contributed by atoms with van der Waals surface area (Å²) < 4.78 is 0. The molecular weight excluding hydrogens is 262 g/mol. The highest BCUT2D eigenvalue weighted by atomic mass is 16.4. The fourth-order valence-corrected chi connectivity index (χ4v) is 1.59. The second-order valence-corrected chi connectivity index (χ2v) is 4.26. The summed E-state index contributed by atoms with van der Waals surface area (Å²) in [6.07, 6.45) is 0.402. The predicted octanol–water partition coefficient (Wildman–Crippen LogP) is 0.112. The van der Waals surface area contributed by atoms with Crippen molar-refractivity contribution in [2.45, 2.75) is 18.9 Å². The van der Waals surface area contributed by atoms with Crippen LogP contribution < -0.4 is 16.4 Å². The number of phenolic OH excluding ortho intramolecular Hbond substituents is 1. The maximum Gasteiger partial charge on any atom is 0.321 e. The largest absolute Gasteiger partial charge is 0.506 e. The van der Waals surface area contributed by atoms with E-state index in [4.69, 9.17) is 10.8 Å². The summed E-state index contributed by atoms with van der Waals surface area (Å²) in [7, 11) is 0. The van der Waals surface area contributed by atoms with Crippen LogP contribution in [0.2, 0.25) is 0 Å². The normalized spacial score (nSPS) is 11.8. The molecule has 1 atom stereocenters. The molecule has 0 aliphatic heterocycles. The first kappa shape index (κ1) is 15.9. The van der Waals surface area contributed by atoms with Crippen molar-refractivity contribution in [3.63, 3.8) is 0 Å². The molecule has 110 valence electrons. The Morgan fingerprint density at radius 1 is 1.30 bits per heavy atom. The van der Waals surface area contributed by atoms with Crippen LogP contribution in [-0.4, -0.2) is 41.2 Å². The van der Waals surface area contributed by atoms with Crippen LogP contribution >= 0.6 is 0 Å². The maximum absolute atomic E-state index is 11.8. The number of phenols is 1. The standard InChI is InChI=1S/C13H19N3O4/c14-6-3-7-15-10(13(19)20)8-12(18)16-9-4-1-2-5-11(9)17/h1-2,4-5,10,15,17H,3,6-8,14H2,(H,16,18)(H,19,20)/t10-/m1/s1. The summed E-state index contributed by atoms with van der Waals surface area (Å²) in [6, 6.07) is 5.27. The third-order valence-corrected chi connectivity index (χ3v) is 2.64. The molecule has 1 amide bonds. The van der Waals surface area contributed by atoms with Crippen LogP contribution in [0, 0.1) is 0 Å². The number of carboxylic acid groups (broad SMARTS) is 1. The number of para-hydroxylation sites is 2. The highest BCUT2D eigenvalue weighted by Crippen LogP contribution is 2.21. The minimum absolute atomic E-state index is 0.0659. The zero-order valence-electron chi connectivity index (χ0n) is 11.0.